The zero-order chi connectivity index (χ0) is 25.5. The van der Waals surface area contributed by atoms with E-state index < -0.39 is 61.9 Å². The van der Waals surface area contributed by atoms with Crippen molar-refractivity contribution in [2.24, 2.45) is 0 Å². The molecule has 13 heteroatoms. The zero-order valence-corrected chi connectivity index (χ0v) is 19.3. The Kier molecular flexibility index (Phi) is 7.14. The van der Waals surface area contributed by atoms with Gasteiger partial charge in [-0.1, -0.05) is 11.6 Å². The minimum atomic E-state index is -4.85. The number of hydrogen-bond acceptors (Lipinski definition) is 4. The molecular formula is C21H20ClF6N3O2S. The molecule has 1 heterocycles. The summed E-state index contributed by atoms with van der Waals surface area (Å²) in [4.78, 5) is 13.8. The average Bonchev–Trinajstić information content (AvgIpc) is 2.88. The van der Waals surface area contributed by atoms with Crippen LogP contribution in [-0.4, -0.2) is 35.4 Å². The lowest BCUT2D eigenvalue weighted by molar-refractivity contribution is -0.137. The minimum absolute atomic E-state index is 0.00623. The van der Waals surface area contributed by atoms with Crippen LogP contribution in [0, 0.1) is 10.6 Å². The molecule has 2 N–H and O–H groups in total. The van der Waals surface area contributed by atoms with Crippen LogP contribution in [0.15, 0.2) is 35.2 Å². The lowest BCUT2D eigenvalue weighted by Crippen LogP contribution is -2.29. The van der Waals surface area contributed by atoms with Crippen LogP contribution in [0.1, 0.15) is 35.2 Å². The van der Waals surface area contributed by atoms with Gasteiger partial charge in [-0.15, -0.1) is 0 Å². The number of nitrogens with one attached hydrogen (secondary N) is 2. The summed E-state index contributed by atoms with van der Waals surface area (Å²) in [6, 6.07) is 4.45. The Morgan fingerprint density at radius 3 is 2.47 bits per heavy atom. The van der Waals surface area contributed by atoms with E-state index in [9.17, 15) is 35.3 Å². The predicted octanol–water partition coefficient (Wildman–Crippen LogP) is 6.41. The van der Waals surface area contributed by atoms with E-state index in [1.165, 1.54) is 4.90 Å². The van der Waals surface area contributed by atoms with Gasteiger partial charge in [0.15, 0.2) is 0 Å². The SMILES string of the molecule is C[S@](=N)(=O)c1cc(NC(=O)c2cc(Cl)c(C(F)(F)F)cc2N2CCCC(F)(F)CC2)ccc1F. The molecule has 0 spiro atoms. The standard InChI is InChI=1S/C21H20ClF6N3O2S/c1-34(29,33)18-9-12(3-4-16(18)23)30-19(32)13-10-15(22)14(21(26,27)28)11-17(13)31-7-2-5-20(24,25)6-8-31/h3-4,9-11,29H,2,5-8H2,1H3,(H,30,32)/t34-/m0/s1. The quantitative estimate of drug-likeness (QED) is 0.451. The third-order valence-electron chi connectivity index (χ3n) is 5.30. The smallest absolute Gasteiger partial charge is 0.371 e. The van der Waals surface area contributed by atoms with E-state index >= 15 is 0 Å². The molecule has 3 rings (SSSR count). The van der Waals surface area contributed by atoms with Gasteiger partial charge in [0.05, 0.1) is 36.5 Å². The third-order valence-corrected chi connectivity index (χ3v) is 6.77. The molecule has 5 nitrogen and oxygen atoms in total. The van der Waals surface area contributed by atoms with E-state index in [1.807, 2.05) is 0 Å². The van der Waals surface area contributed by atoms with Gasteiger partial charge in [-0.2, -0.15) is 13.2 Å². The fourth-order valence-corrected chi connectivity index (χ4v) is 4.67. The second-order valence-corrected chi connectivity index (χ2v) is 10.5. The number of carbonyl (C=O) groups excluding carboxylic acids is 1. The first-order valence-electron chi connectivity index (χ1n) is 9.97. The molecular weight excluding hydrogens is 508 g/mol. The number of hydrogen-bond donors (Lipinski definition) is 2. The number of rotatable bonds is 4. The van der Waals surface area contributed by atoms with Crippen LogP contribution in [0.5, 0.6) is 0 Å². The van der Waals surface area contributed by atoms with Crippen LogP contribution < -0.4 is 10.2 Å². The van der Waals surface area contributed by atoms with Crippen LogP contribution in [-0.2, 0) is 15.9 Å². The van der Waals surface area contributed by atoms with Gasteiger partial charge in [0.25, 0.3) is 5.91 Å². The van der Waals surface area contributed by atoms with Gasteiger partial charge in [-0.05, 0) is 36.8 Å². The lowest BCUT2D eigenvalue weighted by atomic mass is 10.1. The summed E-state index contributed by atoms with van der Waals surface area (Å²) < 4.78 is 102. The summed E-state index contributed by atoms with van der Waals surface area (Å²) in [5.41, 5.74) is -1.82. The summed E-state index contributed by atoms with van der Waals surface area (Å²) in [6.07, 6.45) is -4.91. The van der Waals surface area contributed by atoms with Crippen molar-refractivity contribution >= 4 is 38.6 Å². The first kappa shape index (κ1) is 26.1. The number of alkyl halides is 5. The summed E-state index contributed by atoms with van der Waals surface area (Å²) in [5, 5.41) is 1.61. The molecule has 1 atom stereocenters. The fourth-order valence-electron chi connectivity index (χ4n) is 3.61. The highest BCUT2D eigenvalue weighted by Gasteiger charge is 2.37. The zero-order valence-electron chi connectivity index (χ0n) is 17.7. The van der Waals surface area contributed by atoms with E-state index in [1.54, 1.807) is 0 Å². The van der Waals surface area contributed by atoms with Crippen LogP contribution in [0.2, 0.25) is 5.02 Å². The van der Waals surface area contributed by atoms with Gasteiger partial charge >= 0.3 is 6.18 Å². The van der Waals surface area contributed by atoms with Gasteiger partial charge in [0.1, 0.15) is 5.82 Å². The van der Waals surface area contributed by atoms with Gasteiger partial charge in [-0.3, -0.25) is 4.79 Å². The highest BCUT2D eigenvalue weighted by atomic mass is 35.5. The first-order valence-corrected chi connectivity index (χ1v) is 12.3. The molecule has 34 heavy (non-hydrogen) atoms. The van der Waals surface area contributed by atoms with Gasteiger partial charge in [-0.25, -0.2) is 22.2 Å². The Balaban J connectivity index is 2.05. The van der Waals surface area contributed by atoms with E-state index in [2.05, 4.69) is 5.32 Å². The van der Waals surface area contributed by atoms with Crippen molar-refractivity contribution in [3.63, 3.8) is 0 Å². The Bertz CT molecular complexity index is 1220. The minimum Gasteiger partial charge on any atom is -0.371 e. The number of nitrogens with zero attached hydrogens (tertiary/aromatic N) is 1. The number of halogens is 7. The molecule has 1 aliphatic rings. The molecule has 2 aromatic rings. The van der Waals surface area contributed by atoms with E-state index in [4.69, 9.17) is 16.4 Å². The molecule has 1 aliphatic heterocycles. The highest BCUT2D eigenvalue weighted by molar-refractivity contribution is 7.91. The van der Waals surface area contributed by atoms with Gasteiger partial charge < -0.3 is 10.2 Å². The summed E-state index contributed by atoms with van der Waals surface area (Å²) in [6.45, 7) is -0.296. The Labute approximate surface area is 197 Å². The molecule has 0 bridgehead atoms. The van der Waals surface area contributed by atoms with Crippen LogP contribution in [0.4, 0.5) is 37.7 Å². The third kappa shape index (κ3) is 5.96. The first-order chi connectivity index (χ1) is 15.6. The van der Waals surface area contributed by atoms with E-state index in [-0.39, 0.29) is 36.4 Å². The molecule has 2 aromatic carbocycles. The molecule has 1 amide bonds. The molecule has 0 saturated carbocycles. The monoisotopic (exact) mass is 527 g/mol. The average molecular weight is 528 g/mol. The molecule has 0 aliphatic carbocycles. The van der Waals surface area contributed by atoms with Crippen molar-refractivity contribution < 1.29 is 35.3 Å². The normalized spacial score (nSPS) is 18.2. The lowest BCUT2D eigenvalue weighted by Gasteiger charge is -2.27. The summed E-state index contributed by atoms with van der Waals surface area (Å²) >= 11 is 5.80. The van der Waals surface area contributed by atoms with Crippen molar-refractivity contribution in [1.82, 2.24) is 0 Å². The maximum Gasteiger partial charge on any atom is 0.417 e. The Morgan fingerprint density at radius 2 is 1.85 bits per heavy atom. The summed E-state index contributed by atoms with van der Waals surface area (Å²) in [7, 11) is -3.48. The van der Waals surface area contributed by atoms with Crippen LogP contribution in [0.25, 0.3) is 0 Å². The predicted molar refractivity (Wildman–Crippen MR) is 117 cm³/mol. The van der Waals surface area contributed by atoms with Crippen LogP contribution >= 0.6 is 11.6 Å². The van der Waals surface area contributed by atoms with E-state index in [0.29, 0.717) is 6.07 Å². The Morgan fingerprint density at radius 1 is 1.18 bits per heavy atom. The molecule has 1 saturated heterocycles. The number of amides is 1. The van der Waals surface area contributed by atoms with Crippen molar-refractivity contribution in [1.29, 1.82) is 4.78 Å². The molecule has 0 aromatic heterocycles. The van der Waals surface area contributed by atoms with Gasteiger partial charge in [0.2, 0.25) is 5.92 Å². The fraction of sp³-hybridized carbons (Fsp3) is 0.381. The molecule has 0 unspecified atom stereocenters. The van der Waals surface area contributed by atoms with Crippen molar-refractivity contribution in [3.05, 3.63) is 52.3 Å². The second kappa shape index (κ2) is 9.29. The topological polar surface area (TPSA) is 73.3 Å². The Hall–Kier alpha value is -2.47. The van der Waals surface area contributed by atoms with Crippen molar-refractivity contribution in [2.45, 2.75) is 36.3 Å². The highest BCUT2D eigenvalue weighted by Crippen LogP contribution is 2.40. The molecule has 0 radical (unpaired) electrons. The second-order valence-electron chi connectivity index (χ2n) is 7.99. The number of anilines is 2. The van der Waals surface area contributed by atoms with Gasteiger partial charge in [0, 0.05) is 37.9 Å². The maximum absolute atomic E-state index is 13.9. The van der Waals surface area contributed by atoms with Crippen molar-refractivity contribution in [3.8, 4) is 0 Å². The molecule has 1 fully saturated rings. The van der Waals surface area contributed by atoms with Crippen LogP contribution in [0.3, 0.4) is 0 Å². The number of benzene rings is 2. The number of carbonyl (C=O) groups is 1. The van der Waals surface area contributed by atoms with Crippen molar-refractivity contribution in [2.75, 3.05) is 29.6 Å². The summed E-state index contributed by atoms with van der Waals surface area (Å²) in [5.74, 6) is -4.85. The van der Waals surface area contributed by atoms with E-state index in [0.717, 1.165) is 30.5 Å². The molecule has 186 valence electrons. The largest absolute Gasteiger partial charge is 0.417 e. The maximum atomic E-state index is 13.9.